The first-order valence-electron chi connectivity index (χ1n) is 4.40. The van der Waals surface area contributed by atoms with Crippen LogP contribution < -0.4 is 11.1 Å². The Hall–Kier alpha value is -1.55. The van der Waals surface area contributed by atoms with Crippen molar-refractivity contribution in [3.8, 4) is 0 Å². The predicted octanol–water partition coefficient (Wildman–Crippen LogP) is 0.379. The van der Waals surface area contributed by atoms with Crippen LogP contribution in [0.3, 0.4) is 0 Å². The van der Waals surface area contributed by atoms with E-state index in [1.165, 1.54) is 0 Å². The standard InChI is InChI=1S/C10H14N2O2/c1-7(6-13)12-10(14)8-3-2-4-9(11)5-8/h2-5,7,13H,6,11H2,1H3,(H,12,14)/t7-/m1/s1. The number of anilines is 1. The highest BCUT2D eigenvalue weighted by molar-refractivity contribution is 5.95. The molecule has 4 heteroatoms. The van der Waals surface area contributed by atoms with Crippen LogP contribution in [0.15, 0.2) is 24.3 Å². The molecule has 0 saturated carbocycles. The summed E-state index contributed by atoms with van der Waals surface area (Å²) in [4.78, 5) is 11.5. The van der Waals surface area contributed by atoms with E-state index >= 15 is 0 Å². The lowest BCUT2D eigenvalue weighted by atomic mass is 10.2. The Labute approximate surface area is 82.7 Å². The van der Waals surface area contributed by atoms with Crippen LogP contribution in [0.5, 0.6) is 0 Å². The highest BCUT2D eigenvalue weighted by Crippen LogP contribution is 2.06. The fourth-order valence-corrected chi connectivity index (χ4v) is 1.03. The van der Waals surface area contributed by atoms with Crippen molar-refractivity contribution in [1.29, 1.82) is 0 Å². The molecule has 0 spiro atoms. The van der Waals surface area contributed by atoms with Crippen molar-refractivity contribution < 1.29 is 9.90 Å². The second-order valence-corrected chi connectivity index (χ2v) is 3.18. The smallest absolute Gasteiger partial charge is 0.251 e. The maximum Gasteiger partial charge on any atom is 0.251 e. The number of hydrogen-bond acceptors (Lipinski definition) is 3. The Kier molecular flexibility index (Phi) is 3.48. The number of aliphatic hydroxyl groups excluding tert-OH is 1. The van der Waals surface area contributed by atoms with E-state index in [4.69, 9.17) is 10.8 Å². The van der Waals surface area contributed by atoms with Gasteiger partial charge in [-0.05, 0) is 25.1 Å². The van der Waals surface area contributed by atoms with Crippen molar-refractivity contribution in [3.05, 3.63) is 29.8 Å². The fraction of sp³-hybridized carbons (Fsp3) is 0.300. The third-order valence-electron chi connectivity index (χ3n) is 1.80. The molecule has 1 rings (SSSR count). The average Bonchev–Trinajstić information content (AvgIpc) is 2.17. The van der Waals surface area contributed by atoms with Gasteiger partial charge in [-0.1, -0.05) is 6.07 Å². The maximum atomic E-state index is 11.5. The quantitative estimate of drug-likeness (QED) is 0.609. The van der Waals surface area contributed by atoms with Gasteiger partial charge in [0.15, 0.2) is 0 Å². The summed E-state index contributed by atoms with van der Waals surface area (Å²) < 4.78 is 0. The number of rotatable bonds is 3. The van der Waals surface area contributed by atoms with Crippen LogP contribution in [0.1, 0.15) is 17.3 Å². The number of nitrogens with one attached hydrogen (secondary N) is 1. The van der Waals surface area contributed by atoms with E-state index < -0.39 is 0 Å². The van der Waals surface area contributed by atoms with Crippen LogP contribution in [0.4, 0.5) is 5.69 Å². The largest absolute Gasteiger partial charge is 0.399 e. The molecule has 0 aliphatic heterocycles. The number of benzene rings is 1. The summed E-state index contributed by atoms with van der Waals surface area (Å²) >= 11 is 0. The highest BCUT2D eigenvalue weighted by atomic mass is 16.3. The number of nitrogen functional groups attached to an aromatic ring is 1. The summed E-state index contributed by atoms with van der Waals surface area (Å²) in [5, 5.41) is 11.4. The van der Waals surface area contributed by atoms with E-state index in [-0.39, 0.29) is 18.6 Å². The molecular weight excluding hydrogens is 180 g/mol. The first-order valence-corrected chi connectivity index (χ1v) is 4.40. The summed E-state index contributed by atoms with van der Waals surface area (Å²) in [6, 6.07) is 6.46. The summed E-state index contributed by atoms with van der Waals surface area (Å²) in [7, 11) is 0. The van der Waals surface area contributed by atoms with Gasteiger partial charge in [0.25, 0.3) is 5.91 Å². The van der Waals surface area contributed by atoms with Crippen LogP contribution in [-0.2, 0) is 0 Å². The van der Waals surface area contributed by atoms with Gasteiger partial charge in [-0.25, -0.2) is 0 Å². The van der Waals surface area contributed by atoms with Gasteiger partial charge in [0.05, 0.1) is 6.61 Å². The zero-order chi connectivity index (χ0) is 10.6. The van der Waals surface area contributed by atoms with Gasteiger partial charge in [-0.15, -0.1) is 0 Å². The fourth-order valence-electron chi connectivity index (χ4n) is 1.03. The van der Waals surface area contributed by atoms with Gasteiger partial charge in [0, 0.05) is 17.3 Å². The minimum absolute atomic E-state index is 0.0753. The molecule has 0 bridgehead atoms. The molecule has 1 amide bonds. The number of aliphatic hydroxyl groups is 1. The van der Waals surface area contributed by atoms with Gasteiger partial charge < -0.3 is 16.2 Å². The predicted molar refractivity (Wildman–Crippen MR) is 54.9 cm³/mol. The van der Waals surface area contributed by atoms with E-state index in [0.717, 1.165) is 0 Å². The minimum Gasteiger partial charge on any atom is -0.399 e. The van der Waals surface area contributed by atoms with Crippen LogP contribution in [0.2, 0.25) is 0 Å². The van der Waals surface area contributed by atoms with Crippen molar-refractivity contribution in [2.24, 2.45) is 0 Å². The number of amides is 1. The molecule has 0 heterocycles. The molecule has 0 aromatic heterocycles. The molecule has 14 heavy (non-hydrogen) atoms. The number of nitrogens with two attached hydrogens (primary N) is 1. The lowest BCUT2D eigenvalue weighted by molar-refractivity contribution is 0.0922. The monoisotopic (exact) mass is 194 g/mol. The van der Waals surface area contributed by atoms with Gasteiger partial charge in [-0.2, -0.15) is 0 Å². The van der Waals surface area contributed by atoms with Crippen molar-refractivity contribution in [3.63, 3.8) is 0 Å². The van der Waals surface area contributed by atoms with Crippen molar-refractivity contribution in [1.82, 2.24) is 5.32 Å². The lowest BCUT2D eigenvalue weighted by Crippen LogP contribution is -2.34. The second-order valence-electron chi connectivity index (χ2n) is 3.18. The normalized spacial score (nSPS) is 12.1. The van der Waals surface area contributed by atoms with Crippen LogP contribution in [0.25, 0.3) is 0 Å². The van der Waals surface area contributed by atoms with Crippen LogP contribution in [0, 0.1) is 0 Å². The molecule has 4 N–H and O–H groups in total. The molecule has 4 nitrogen and oxygen atoms in total. The summed E-state index contributed by atoms with van der Waals surface area (Å²) in [5.41, 5.74) is 6.59. The van der Waals surface area contributed by atoms with E-state index in [9.17, 15) is 4.79 Å². The van der Waals surface area contributed by atoms with Gasteiger partial charge in [-0.3, -0.25) is 4.79 Å². The van der Waals surface area contributed by atoms with Crippen molar-refractivity contribution in [2.75, 3.05) is 12.3 Å². The van der Waals surface area contributed by atoms with Crippen molar-refractivity contribution in [2.45, 2.75) is 13.0 Å². The lowest BCUT2D eigenvalue weighted by Gasteiger charge is -2.10. The van der Waals surface area contributed by atoms with Crippen LogP contribution in [-0.4, -0.2) is 23.7 Å². The number of carbonyl (C=O) groups excluding carboxylic acids is 1. The average molecular weight is 194 g/mol. The highest BCUT2D eigenvalue weighted by Gasteiger charge is 2.08. The molecule has 1 aromatic carbocycles. The Bertz CT molecular complexity index is 326. The van der Waals surface area contributed by atoms with Gasteiger partial charge in [0.1, 0.15) is 0 Å². The summed E-state index contributed by atoms with van der Waals surface area (Å²) in [6.07, 6.45) is 0. The summed E-state index contributed by atoms with van der Waals surface area (Å²) in [5.74, 6) is -0.223. The maximum absolute atomic E-state index is 11.5. The molecule has 0 aliphatic carbocycles. The van der Waals surface area contributed by atoms with Gasteiger partial charge in [0.2, 0.25) is 0 Å². The molecule has 0 fully saturated rings. The van der Waals surface area contributed by atoms with E-state index in [2.05, 4.69) is 5.32 Å². The van der Waals surface area contributed by atoms with E-state index in [1.54, 1.807) is 31.2 Å². The third-order valence-corrected chi connectivity index (χ3v) is 1.80. The molecule has 76 valence electrons. The molecule has 0 unspecified atom stereocenters. The number of hydrogen-bond donors (Lipinski definition) is 3. The van der Waals surface area contributed by atoms with Gasteiger partial charge >= 0.3 is 0 Å². The molecule has 0 saturated heterocycles. The summed E-state index contributed by atoms with van der Waals surface area (Å²) in [6.45, 7) is 1.65. The Morgan fingerprint density at radius 2 is 2.36 bits per heavy atom. The number of carbonyl (C=O) groups is 1. The third kappa shape index (κ3) is 2.74. The zero-order valence-electron chi connectivity index (χ0n) is 8.03. The van der Waals surface area contributed by atoms with E-state index in [0.29, 0.717) is 11.3 Å². The molecule has 0 aliphatic rings. The van der Waals surface area contributed by atoms with Crippen LogP contribution >= 0.6 is 0 Å². The first kappa shape index (κ1) is 10.5. The Morgan fingerprint density at radius 3 is 2.93 bits per heavy atom. The topological polar surface area (TPSA) is 75.3 Å². The SMILES string of the molecule is C[C@H](CO)NC(=O)c1cccc(N)c1. The van der Waals surface area contributed by atoms with Crippen molar-refractivity contribution >= 4 is 11.6 Å². The Morgan fingerprint density at radius 1 is 1.64 bits per heavy atom. The Balaban J connectivity index is 2.70. The zero-order valence-corrected chi connectivity index (χ0v) is 8.03. The first-order chi connectivity index (χ1) is 6.63. The molecule has 1 atom stereocenters. The molecule has 1 aromatic rings. The minimum atomic E-state index is -0.246. The molecular formula is C10H14N2O2. The second kappa shape index (κ2) is 4.62. The van der Waals surface area contributed by atoms with E-state index in [1.807, 2.05) is 0 Å². The molecule has 0 radical (unpaired) electrons.